The molecule has 0 spiro atoms. The summed E-state index contributed by atoms with van der Waals surface area (Å²) < 4.78 is 0. The van der Waals surface area contributed by atoms with E-state index in [0.717, 1.165) is 42.9 Å². The fourth-order valence-corrected chi connectivity index (χ4v) is 3.30. The standard InChI is InChI=1S/C12H18N2O2S/c1-14(2)7-6-10-13-11-8(12(15)16)4-3-5-9(11)17-10/h8H,3-7H2,1-2H3,(H,15,16). The third kappa shape index (κ3) is 2.84. The van der Waals surface area contributed by atoms with Crippen LogP contribution in [0.4, 0.5) is 0 Å². The molecule has 17 heavy (non-hydrogen) atoms. The van der Waals surface area contributed by atoms with E-state index in [4.69, 9.17) is 5.11 Å². The van der Waals surface area contributed by atoms with E-state index in [1.807, 2.05) is 14.1 Å². The molecule has 2 rings (SSSR count). The molecule has 0 aliphatic heterocycles. The lowest BCUT2D eigenvalue weighted by Gasteiger charge is -2.16. The molecule has 0 amide bonds. The van der Waals surface area contributed by atoms with Crippen LogP contribution in [0, 0.1) is 0 Å². The number of carbonyl (C=O) groups is 1. The topological polar surface area (TPSA) is 53.4 Å². The van der Waals surface area contributed by atoms with E-state index in [2.05, 4.69) is 9.88 Å². The van der Waals surface area contributed by atoms with Crippen molar-refractivity contribution in [2.24, 2.45) is 0 Å². The molecule has 1 aliphatic rings. The minimum atomic E-state index is -0.726. The van der Waals surface area contributed by atoms with Gasteiger partial charge in [-0.3, -0.25) is 4.79 Å². The third-order valence-electron chi connectivity index (χ3n) is 3.07. The van der Waals surface area contributed by atoms with E-state index >= 15 is 0 Å². The fourth-order valence-electron chi connectivity index (χ4n) is 2.14. The number of carboxylic acid groups (broad SMARTS) is 1. The fraction of sp³-hybridized carbons (Fsp3) is 0.667. The van der Waals surface area contributed by atoms with Gasteiger partial charge in [-0.1, -0.05) is 0 Å². The summed E-state index contributed by atoms with van der Waals surface area (Å²) in [6.45, 7) is 0.962. The third-order valence-corrected chi connectivity index (χ3v) is 4.26. The molecule has 94 valence electrons. The van der Waals surface area contributed by atoms with E-state index in [9.17, 15) is 4.79 Å². The summed E-state index contributed by atoms with van der Waals surface area (Å²) in [7, 11) is 4.07. The van der Waals surface area contributed by atoms with Crippen molar-refractivity contribution in [3.8, 4) is 0 Å². The SMILES string of the molecule is CN(C)CCc1nc2c(s1)CCCC2C(=O)O. The molecule has 0 saturated heterocycles. The number of nitrogens with zero attached hydrogens (tertiary/aromatic N) is 2. The number of hydrogen-bond donors (Lipinski definition) is 1. The zero-order valence-electron chi connectivity index (χ0n) is 10.3. The molecule has 0 fully saturated rings. The molecule has 1 heterocycles. The first kappa shape index (κ1) is 12.5. The van der Waals surface area contributed by atoms with Crippen LogP contribution in [0.15, 0.2) is 0 Å². The van der Waals surface area contributed by atoms with Gasteiger partial charge in [0.25, 0.3) is 0 Å². The summed E-state index contributed by atoms with van der Waals surface area (Å²) in [6, 6.07) is 0. The van der Waals surface area contributed by atoms with Crippen LogP contribution in [0.25, 0.3) is 0 Å². The number of carboxylic acids is 1. The van der Waals surface area contributed by atoms with Crippen LogP contribution >= 0.6 is 11.3 Å². The second-order valence-corrected chi connectivity index (χ2v) is 5.92. The summed E-state index contributed by atoms with van der Waals surface area (Å²) in [4.78, 5) is 19.0. The monoisotopic (exact) mass is 254 g/mol. The number of rotatable bonds is 4. The van der Waals surface area contributed by atoms with Crippen molar-refractivity contribution in [3.63, 3.8) is 0 Å². The van der Waals surface area contributed by atoms with Crippen LogP contribution in [-0.2, 0) is 17.6 Å². The molecule has 1 N–H and O–H groups in total. The molecule has 1 aliphatic carbocycles. The van der Waals surface area contributed by atoms with Crippen molar-refractivity contribution in [2.75, 3.05) is 20.6 Å². The van der Waals surface area contributed by atoms with Crippen molar-refractivity contribution in [2.45, 2.75) is 31.6 Å². The van der Waals surface area contributed by atoms with E-state index in [1.165, 1.54) is 4.88 Å². The van der Waals surface area contributed by atoms with Gasteiger partial charge in [-0.25, -0.2) is 4.98 Å². The maximum atomic E-state index is 11.1. The van der Waals surface area contributed by atoms with Gasteiger partial charge >= 0.3 is 5.97 Å². The van der Waals surface area contributed by atoms with E-state index in [-0.39, 0.29) is 5.92 Å². The number of aromatic nitrogens is 1. The predicted octanol–water partition coefficient (Wildman–Crippen LogP) is 1.75. The Morgan fingerprint density at radius 3 is 3.00 bits per heavy atom. The number of aliphatic carboxylic acids is 1. The zero-order valence-corrected chi connectivity index (χ0v) is 11.1. The van der Waals surface area contributed by atoms with Crippen LogP contribution in [0.1, 0.15) is 34.3 Å². The van der Waals surface area contributed by atoms with Crippen LogP contribution in [-0.4, -0.2) is 41.6 Å². The van der Waals surface area contributed by atoms with Crippen LogP contribution < -0.4 is 0 Å². The molecule has 1 atom stereocenters. The summed E-state index contributed by atoms with van der Waals surface area (Å²) in [6.07, 6.45) is 3.62. The normalized spacial score (nSPS) is 19.4. The van der Waals surface area contributed by atoms with Crippen molar-refractivity contribution >= 4 is 17.3 Å². The second-order valence-electron chi connectivity index (χ2n) is 4.75. The van der Waals surface area contributed by atoms with Gasteiger partial charge in [0.05, 0.1) is 16.6 Å². The number of thiazole rings is 1. The van der Waals surface area contributed by atoms with E-state index < -0.39 is 5.97 Å². The average molecular weight is 254 g/mol. The quantitative estimate of drug-likeness (QED) is 0.889. The number of fused-ring (bicyclic) bond motifs is 1. The lowest BCUT2D eigenvalue weighted by atomic mass is 9.91. The summed E-state index contributed by atoms with van der Waals surface area (Å²) in [5.41, 5.74) is 0.836. The molecular formula is C12H18N2O2S. The molecule has 5 heteroatoms. The van der Waals surface area contributed by atoms with Gasteiger partial charge in [0.15, 0.2) is 0 Å². The molecule has 0 bridgehead atoms. The van der Waals surface area contributed by atoms with Gasteiger partial charge in [-0.2, -0.15) is 0 Å². The highest BCUT2D eigenvalue weighted by atomic mass is 32.1. The highest BCUT2D eigenvalue weighted by Gasteiger charge is 2.29. The first-order valence-electron chi connectivity index (χ1n) is 5.94. The summed E-state index contributed by atoms with van der Waals surface area (Å²) in [5, 5.41) is 10.2. The highest BCUT2D eigenvalue weighted by Crippen LogP contribution is 2.35. The molecule has 1 unspecified atom stereocenters. The second kappa shape index (κ2) is 5.14. The lowest BCUT2D eigenvalue weighted by molar-refractivity contribution is -0.139. The van der Waals surface area contributed by atoms with Crippen molar-refractivity contribution in [1.82, 2.24) is 9.88 Å². The molecule has 0 radical (unpaired) electrons. The van der Waals surface area contributed by atoms with Gasteiger partial charge in [0.1, 0.15) is 0 Å². The molecule has 4 nitrogen and oxygen atoms in total. The Morgan fingerprint density at radius 1 is 1.59 bits per heavy atom. The van der Waals surface area contributed by atoms with Gasteiger partial charge in [0, 0.05) is 17.8 Å². The number of hydrogen-bond acceptors (Lipinski definition) is 4. The number of likely N-dealkylation sites (N-methyl/N-ethyl adjacent to an activating group) is 1. The van der Waals surface area contributed by atoms with E-state index in [1.54, 1.807) is 11.3 Å². The Kier molecular flexibility index (Phi) is 3.79. The van der Waals surface area contributed by atoms with Crippen molar-refractivity contribution in [3.05, 3.63) is 15.6 Å². The Labute approximate surface area is 105 Å². The Balaban J connectivity index is 2.16. The predicted molar refractivity (Wildman–Crippen MR) is 67.7 cm³/mol. The smallest absolute Gasteiger partial charge is 0.312 e. The molecular weight excluding hydrogens is 236 g/mol. The van der Waals surface area contributed by atoms with Crippen molar-refractivity contribution in [1.29, 1.82) is 0 Å². The van der Waals surface area contributed by atoms with Crippen LogP contribution in [0.3, 0.4) is 0 Å². The first-order chi connectivity index (χ1) is 8.08. The zero-order chi connectivity index (χ0) is 12.4. The van der Waals surface area contributed by atoms with Gasteiger partial charge in [-0.05, 0) is 33.4 Å². The Bertz CT molecular complexity index is 415. The number of aryl methyl sites for hydroxylation is 1. The van der Waals surface area contributed by atoms with Gasteiger partial charge in [0.2, 0.25) is 0 Å². The summed E-state index contributed by atoms with van der Waals surface area (Å²) in [5.74, 6) is -1.10. The minimum Gasteiger partial charge on any atom is -0.481 e. The molecule has 1 aromatic rings. The van der Waals surface area contributed by atoms with E-state index in [0.29, 0.717) is 0 Å². The highest BCUT2D eigenvalue weighted by molar-refractivity contribution is 7.11. The van der Waals surface area contributed by atoms with Gasteiger partial charge in [-0.15, -0.1) is 11.3 Å². The van der Waals surface area contributed by atoms with Crippen LogP contribution in [0.5, 0.6) is 0 Å². The Hall–Kier alpha value is -0.940. The largest absolute Gasteiger partial charge is 0.481 e. The first-order valence-corrected chi connectivity index (χ1v) is 6.75. The summed E-state index contributed by atoms with van der Waals surface area (Å²) >= 11 is 1.70. The molecule has 0 saturated carbocycles. The molecule has 1 aromatic heterocycles. The lowest BCUT2D eigenvalue weighted by Crippen LogP contribution is -2.17. The average Bonchev–Trinajstić information content (AvgIpc) is 2.68. The molecule has 0 aromatic carbocycles. The maximum Gasteiger partial charge on any atom is 0.312 e. The Morgan fingerprint density at radius 2 is 2.35 bits per heavy atom. The maximum absolute atomic E-state index is 11.1. The van der Waals surface area contributed by atoms with Crippen molar-refractivity contribution < 1.29 is 9.90 Å². The minimum absolute atomic E-state index is 0.372. The van der Waals surface area contributed by atoms with Crippen LogP contribution in [0.2, 0.25) is 0 Å². The van der Waals surface area contributed by atoms with Gasteiger partial charge < -0.3 is 10.0 Å².